The fourth-order valence-corrected chi connectivity index (χ4v) is 1.92. The summed E-state index contributed by atoms with van der Waals surface area (Å²) in [5, 5.41) is 6.67. The summed E-state index contributed by atoms with van der Waals surface area (Å²) in [6.07, 6.45) is 0.221. The minimum atomic E-state index is -0.0955. The van der Waals surface area contributed by atoms with Gasteiger partial charge in [-0.05, 0) is 30.0 Å². The number of hydrogen-bond acceptors (Lipinski definition) is 3. The number of amides is 1. The highest BCUT2D eigenvalue weighted by Crippen LogP contribution is 2.23. The lowest BCUT2D eigenvalue weighted by atomic mass is 9.87. The molecule has 0 fully saturated rings. The molecule has 4 nitrogen and oxygen atoms in total. The second kappa shape index (κ2) is 5.49. The van der Waals surface area contributed by atoms with Crippen molar-refractivity contribution in [3.05, 3.63) is 47.3 Å². The minimum absolute atomic E-state index is 0.0955. The SMILES string of the molecule is Cc1cc(CC(=O)Nc2ccc(C(C)(C)C)cc2)no1. The predicted octanol–water partition coefficient (Wildman–Crippen LogP) is 3.46. The Morgan fingerprint density at radius 3 is 2.40 bits per heavy atom. The van der Waals surface area contributed by atoms with Gasteiger partial charge in [-0.1, -0.05) is 38.1 Å². The molecule has 1 amide bonds. The molecule has 2 aromatic rings. The average Bonchev–Trinajstić information content (AvgIpc) is 2.74. The average molecular weight is 272 g/mol. The summed E-state index contributed by atoms with van der Waals surface area (Å²) in [6, 6.07) is 9.69. The van der Waals surface area contributed by atoms with E-state index in [1.165, 1.54) is 5.56 Å². The number of nitrogens with zero attached hydrogens (tertiary/aromatic N) is 1. The zero-order chi connectivity index (χ0) is 14.8. The molecule has 1 aromatic carbocycles. The maximum absolute atomic E-state index is 11.9. The first-order valence-electron chi connectivity index (χ1n) is 6.67. The van der Waals surface area contributed by atoms with Crippen LogP contribution in [0.25, 0.3) is 0 Å². The Balaban J connectivity index is 1.98. The van der Waals surface area contributed by atoms with Crippen LogP contribution in [-0.2, 0) is 16.6 Å². The van der Waals surface area contributed by atoms with Crippen LogP contribution in [0.3, 0.4) is 0 Å². The molecule has 4 heteroatoms. The highest BCUT2D eigenvalue weighted by molar-refractivity contribution is 5.92. The van der Waals surface area contributed by atoms with Gasteiger partial charge >= 0.3 is 0 Å². The summed E-state index contributed by atoms with van der Waals surface area (Å²) >= 11 is 0. The first-order chi connectivity index (χ1) is 9.34. The Hall–Kier alpha value is -2.10. The molecule has 20 heavy (non-hydrogen) atoms. The van der Waals surface area contributed by atoms with E-state index in [-0.39, 0.29) is 17.7 Å². The van der Waals surface area contributed by atoms with E-state index < -0.39 is 0 Å². The molecule has 0 radical (unpaired) electrons. The van der Waals surface area contributed by atoms with Crippen LogP contribution in [0.4, 0.5) is 5.69 Å². The Labute approximate surface area is 119 Å². The maximum Gasteiger partial charge on any atom is 0.230 e. The van der Waals surface area contributed by atoms with Crippen molar-refractivity contribution in [2.45, 2.75) is 39.5 Å². The molecule has 106 valence electrons. The van der Waals surface area contributed by atoms with Crippen LogP contribution in [-0.4, -0.2) is 11.1 Å². The van der Waals surface area contributed by atoms with Crippen LogP contribution < -0.4 is 5.32 Å². The van der Waals surface area contributed by atoms with E-state index in [9.17, 15) is 4.79 Å². The van der Waals surface area contributed by atoms with E-state index >= 15 is 0 Å². The molecule has 0 aliphatic rings. The van der Waals surface area contributed by atoms with Crippen molar-refractivity contribution in [2.24, 2.45) is 0 Å². The second-order valence-corrected chi connectivity index (χ2v) is 5.98. The molecule has 0 bridgehead atoms. The first kappa shape index (κ1) is 14.3. The largest absolute Gasteiger partial charge is 0.361 e. The quantitative estimate of drug-likeness (QED) is 0.931. The second-order valence-electron chi connectivity index (χ2n) is 5.98. The van der Waals surface area contributed by atoms with E-state index in [1.54, 1.807) is 13.0 Å². The van der Waals surface area contributed by atoms with Crippen molar-refractivity contribution in [1.82, 2.24) is 5.16 Å². The number of anilines is 1. The molecule has 0 saturated heterocycles. The smallest absolute Gasteiger partial charge is 0.230 e. The third kappa shape index (κ3) is 3.70. The molecule has 1 aromatic heterocycles. The predicted molar refractivity (Wildman–Crippen MR) is 78.7 cm³/mol. The molecular weight excluding hydrogens is 252 g/mol. The van der Waals surface area contributed by atoms with Gasteiger partial charge in [-0.2, -0.15) is 0 Å². The zero-order valence-electron chi connectivity index (χ0n) is 12.4. The number of hydrogen-bond donors (Lipinski definition) is 1. The Morgan fingerprint density at radius 2 is 1.90 bits per heavy atom. The zero-order valence-corrected chi connectivity index (χ0v) is 12.4. The van der Waals surface area contributed by atoms with Gasteiger partial charge in [-0.25, -0.2) is 0 Å². The normalized spacial score (nSPS) is 11.4. The fourth-order valence-electron chi connectivity index (χ4n) is 1.92. The van der Waals surface area contributed by atoms with Gasteiger partial charge in [0.1, 0.15) is 5.76 Å². The number of benzene rings is 1. The van der Waals surface area contributed by atoms with Crippen LogP contribution in [0.2, 0.25) is 0 Å². The number of aryl methyl sites for hydroxylation is 1. The molecule has 0 saturated carbocycles. The lowest BCUT2D eigenvalue weighted by Crippen LogP contribution is -2.15. The number of nitrogens with one attached hydrogen (secondary N) is 1. The van der Waals surface area contributed by atoms with Gasteiger partial charge in [0.15, 0.2) is 0 Å². The Morgan fingerprint density at radius 1 is 1.25 bits per heavy atom. The van der Waals surface area contributed by atoms with E-state index in [1.807, 2.05) is 24.3 Å². The molecule has 0 aliphatic heterocycles. The van der Waals surface area contributed by atoms with Crippen LogP contribution in [0.15, 0.2) is 34.9 Å². The fraction of sp³-hybridized carbons (Fsp3) is 0.375. The molecule has 0 aliphatic carbocycles. The third-order valence-corrected chi connectivity index (χ3v) is 3.05. The maximum atomic E-state index is 11.9. The van der Waals surface area contributed by atoms with Crippen LogP contribution in [0.5, 0.6) is 0 Å². The van der Waals surface area contributed by atoms with Gasteiger partial charge in [0.05, 0.1) is 12.1 Å². The summed E-state index contributed by atoms with van der Waals surface area (Å²) in [4.78, 5) is 11.9. The summed E-state index contributed by atoms with van der Waals surface area (Å²) in [5.74, 6) is 0.615. The molecule has 0 unspecified atom stereocenters. The number of carbonyl (C=O) groups is 1. The van der Waals surface area contributed by atoms with Crippen LogP contribution in [0, 0.1) is 6.92 Å². The number of carbonyl (C=O) groups excluding carboxylic acids is 1. The highest BCUT2D eigenvalue weighted by atomic mass is 16.5. The van der Waals surface area contributed by atoms with Gasteiger partial charge in [0.25, 0.3) is 0 Å². The van der Waals surface area contributed by atoms with Crippen molar-refractivity contribution in [2.75, 3.05) is 5.32 Å². The molecule has 1 N–H and O–H groups in total. The topological polar surface area (TPSA) is 55.1 Å². The summed E-state index contributed by atoms with van der Waals surface area (Å²) in [5.41, 5.74) is 2.79. The van der Waals surface area contributed by atoms with E-state index in [2.05, 4.69) is 31.2 Å². The van der Waals surface area contributed by atoms with Crippen LogP contribution >= 0.6 is 0 Å². The molecule has 1 heterocycles. The van der Waals surface area contributed by atoms with E-state index in [0.29, 0.717) is 11.5 Å². The lowest BCUT2D eigenvalue weighted by molar-refractivity contribution is -0.115. The Bertz CT molecular complexity index is 592. The van der Waals surface area contributed by atoms with Crippen molar-refractivity contribution in [3.63, 3.8) is 0 Å². The Kier molecular flexibility index (Phi) is 3.93. The van der Waals surface area contributed by atoms with Crippen LogP contribution in [0.1, 0.15) is 37.8 Å². The van der Waals surface area contributed by atoms with Crippen molar-refractivity contribution in [1.29, 1.82) is 0 Å². The number of rotatable bonds is 3. The molecule has 2 rings (SSSR count). The van der Waals surface area contributed by atoms with Gasteiger partial charge in [0.2, 0.25) is 5.91 Å². The lowest BCUT2D eigenvalue weighted by Gasteiger charge is -2.19. The van der Waals surface area contributed by atoms with E-state index in [4.69, 9.17) is 4.52 Å². The van der Waals surface area contributed by atoms with Crippen molar-refractivity contribution >= 4 is 11.6 Å². The third-order valence-electron chi connectivity index (χ3n) is 3.05. The van der Waals surface area contributed by atoms with Crippen molar-refractivity contribution in [3.8, 4) is 0 Å². The molecular formula is C16H20N2O2. The molecule has 0 atom stereocenters. The van der Waals surface area contributed by atoms with E-state index in [0.717, 1.165) is 5.69 Å². The van der Waals surface area contributed by atoms with Gasteiger partial charge in [-0.15, -0.1) is 0 Å². The van der Waals surface area contributed by atoms with Crippen molar-refractivity contribution < 1.29 is 9.32 Å². The van der Waals surface area contributed by atoms with Gasteiger partial charge in [0, 0.05) is 11.8 Å². The monoisotopic (exact) mass is 272 g/mol. The summed E-state index contributed by atoms with van der Waals surface area (Å²) in [6.45, 7) is 8.29. The first-order valence-corrected chi connectivity index (χ1v) is 6.67. The summed E-state index contributed by atoms with van der Waals surface area (Å²) in [7, 11) is 0. The summed E-state index contributed by atoms with van der Waals surface area (Å²) < 4.78 is 4.94. The minimum Gasteiger partial charge on any atom is -0.361 e. The van der Waals surface area contributed by atoms with Gasteiger partial charge < -0.3 is 9.84 Å². The standard InChI is InChI=1S/C16H20N2O2/c1-11-9-14(18-20-11)10-15(19)17-13-7-5-12(6-8-13)16(2,3)4/h5-9H,10H2,1-4H3,(H,17,19). The highest BCUT2D eigenvalue weighted by Gasteiger charge is 2.13. The molecule has 0 spiro atoms. The number of aromatic nitrogens is 1. The van der Waals surface area contributed by atoms with Gasteiger partial charge in [-0.3, -0.25) is 4.79 Å².